The van der Waals surface area contributed by atoms with E-state index in [0.717, 1.165) is 44.1 Å². The number of nitrogens with zero attached hydrogens (tertiary/aromatic N) is 4. The van der Waals surface area contributed by atoms with Gasteiger partial charge in [0.2, 0.25) is 0 Å². The molecule has 8 heteroatoms. The van der Waals surface area contributed by atoms with Crippen LogP contribution in [0.4, 0.5) is 5.69 Å². The Morgan fingerprint density at radius 2 is 1.64 bits per heavy atom. The van der Waals surface area contributed by atoms with Crippen LogP contribution in [0.15, 0.2) is 53.0 Å². The standard InChI is InChI=1S/C25H25BrClN5O/c1-15-23(26)17(3)31(29-15)13-19-8-7-10-20(12-19)25(33)28-24-16(2)30-32(18(24)4)14-21-9-5-6-11-22(21)27/h5-12H,13-14H2,1-4H3,(H,28,33). The average Bonchev–Trinajstić information content (AvgIpc) is 3.19. The number of rotatable bonds is 6. The molecule has 0 aliphatic rings. The van der Waals surface area contributed by atoms with Gasteiger partial charge in [0.1, 0.15) is 0 Å². The lowest BCUT2D eigenvalue weighted by Crippen LogP contribution is -2.14. The van der Waals surface area contributed by atoms with Gasteiger partial charge < -0.3 is 5.32 Å². The van der Waals surface area contributed by atoms with E-state index in [-0.39, 0.29) is 5.91 Å². The van der Waals surface area contributed by atoms with E-state index in [1.54, 1.807) is 0 Å². The number of halogens is 2. The maximum atomic E-state index is 13.1. The summed E-state index contributed by atoms with van der Waals surface area (Å²) in [7, 11) is 0. The fourth-order valence-electron chi connectivity index (χ4n) is 3.82. The van der Waals surface area contributed by atoms with E-state index in [4.69, 9.17) is 11.6 Å². The first-order valence-electron chi connectivity index (χ1n) is 10.6. The molecule has 33 heavy (non-hydrogen) atoms. The van der Waals surface area contributed by atoms with Crippen molar-refractivity contribution in [3.8, 4) is 0 Å². The highest BCUT2D eigenvalue weighted by Gasteiger charge is 2.17. The van der Waals surface area contributed by atoms with E-state index in [1.165, 1.54) is 0 Å². The highest BCUT2D eigenvalue weighted by atomic mass is 79.9. The van der Waals surface area contributed by atoms with Crippen LogP contribution in [-0.2, 0) is 13.1 Å². The number of carbonyl (C=O) groups is 1. The lowest BCUT2D eigenvalue weighted by atomic mass is 10.1. The van der Waals surface area contributed by atoms with E-state index in [1.807, 2.05) is 85.6 Å². The van der Waals surface area contributed by atoms with Crippen molar-refractivity contribution in [2.24, 2.45) is 0 Å². The molecule has 0 atom stereocenters. The highest BCUT2D eigenvalue weighted by molar-refractivity contribution is 9.10. The van der Waals surface area contributed by atoms with Gasteiger partial charge in [0, 0.05) is 10.6 Å². The van der Waals surface area contributed by atoms with Crippen LogP contribution in [0.5, 0.6) is 0 Å². The zero-order chi connectivity index (χ0) is 23.7. The first-order chi connectivity index (χ1) is 15.7. The summed E-state index contributed by atoms with van der Waals surface area (Å²) in [6, 6.07) is 15.3. The Morgan fingerprint density at radius 1 is 0.939 bits per heavy atom. The zero-order valence-electron chi connectivity index (χ0n) is 19.0. The fourth-order valence-corrected chi connectivity index (χ4v) is 4.30. The predicted molar refractivity (Wildman–Crippen MR) is 135 cm³/mol. The lowest BCUT2D eigenvalue weighted by Gasteiger charge is -2.10. The fraction of sp³-hybridized carbons (Fsp3) is 0.240. The van der Waals surface area contributed by atoms with Crippen LogP contribution in [0, 0.1) is 27.7 Å². The van der Waals surface area contributed by atoms with Gasteiger partial charge in [-0.05, 0) is 73.0 Å². The molecule has 0 saturated heterocycles. The van der Waals surface area contributed by atoms with Gasteiger partial charge in [0.25, 0.3) is 5.91 Å². The monoisotopic (exact) mass is 525 g/mol. The summed E-state index contributed by atoms with van der Waals surface area (Å²) in [5.41, 5.74) is 6.93. The van der Waals surface area contributed by atoms with Crippen LogP contribution < -0.4 is 5.32 Å². The van der Waals surface area contributed by atoms with Crippen LogP contribution in [0.3, 0.4) is 0 Å². The third kappa shape index (κ3) is 4.89. The summed E-state index contributed by atoms with van der Waals surface area (Å²) in [4.78, 5) is 13.1. The minimum Gasteiger partial charge on any atom is -0.319 e. The van der Waals surface area contributed by atoms with Crippen molar-refractivity contribution in [3.05, 3.63) is 97.5 Å². The van der Waals surface area contributed by atoms with Gasteiger partial charge >= 0.3 is 0 Å². The second kappa shape index (κ2) is 9.53. The molecule has 0 aliphatic carbocycles. The van der Waals surface area contributed by atoms with Gasteiger partial charge in [0.15, 0.2) is 0 Å². The number of hydrogen-bond donors (Lipinski definition) is 1. The first-order valence-corrected chi connectivity index (χ1v) is 11.8. The van der Waals surface area contributed by atoms with E-state index in [2.05, 4.69) is 31.4 Å². The largest absolute Gasteiger partial charge is 0.319 e. The van der Waals surface area contributed by atoms with Crippen molar-refractivity contribution in [2.75, 3.05) is 5.32 Å². The van der Waals surface area contributed by atoms with Gasteiger partial charge in [-0.25, -0.2) is 0 Å². The molecule has 0 radical (unpaired) electrons. The zero-order valence-corrected chi connectivity index (χ0v) is 21.3. The van der Waals surface area contributed by atoms with Crippen molar-refractivity contribution in [1.29, 1.82) is 0 Å². The smallest absolute Gasteiger partial charge is 0.255 e. The quantitative estimate of drug-likeness (QED) is 0.331. The summed E-state index contributed by atoms with van der Waals surface area (Å²) in [5, 5.41) is 12.9. The molecule has 0 saturated carbocycles. The Hall–Kier alpha value is -2.90. The van der Waals surface area contributed by atoms with Crippen LogP contribution >= 0.6 is 27.5 Å². The van der Waals surface area contributed by atoms with Gasteiger partial charge in [0.05, 0.1) is 46.0 Å². The van der Waals surface area contributed by atoms with Gasteiger partial charge in [-0.1, -0.05) is 41.9 Å². The molecule has 0 fully saturated rings. The molecule has 0 spiro atoms. The molecule has 2 heterocycles. The SMILES string of the molecule is Cc1nn(Cc2cccc(C(=O)Nc3c(C)nn(Cc4ccccc4Cl)c3C)c2)c(C)c1Br. The Labute approximate surface area is 206 Å². The third-order valence-corrected chi connectivity index (χ3v) is 7.23. The summed E-state index contributed by atoms with van der Waals surface area (Å²) < 4.78 is 4.81. The summed E-state index contributed by atoms with van der Waals surface area (Å²) in [6.07, 6.45) is 0. The Balaban J connectivity index is 1.53. The molecule has 0 unspecified atom stereocenters. The number of aromatic nitrogens is 4. The number of benzene rings is 2. The molecule has 2 aromatic heterocycles. The van der Waals surface area contributed by atoms with Gasteiger partial charge in [-0.3, -0.25) is 14.2 Å². The maximum absolute atomic E-state index is 13.1. The van der Waals surface area contributed by atoms with Crippen molar-refractivity contribution in [2.45, 2.75) is 40.8 Å². The molecule has 6 nitrogen and oxygen atoms in total. The Bertz CT molecular complexity index is 1340. The van der Waals surface area contributed by atoms with E-state index in [9.17, 15) is 4.79 Å². The number of anilines is 1. The molecule has 4 aromatic rings. The second-order valence-electron chi connectivity index (χ2n) is 8.09. The van der Waals surface area contributed by atoms with Crippen LogP contribution in [0.1, 0.15) is 44.3 Å². The molecule has 1 N–H and O–H groups in total. The maximum Gasteiger partial charge on any atom is 0.255 e. The number of amides is 1. The average molecular weight is 527 g/mol. The number of nitrogens with one attached hydrogen (secondary N) is 1. The lowest BCUT2D eigenvalue weighted by molar-refractivity contribution is 0.102. The molecule has 2 aromatic carbocycles. The third-order valence-electron chi connectivity index (χ3n) is 5.71. The summed E-state index contributed by atoms with van der Waals surface area (Å²) in [6.45, 7) is 8.95. The molecule has 0 bridgehead atoms. The minimum absolute atomic E-state index is 0.171. The van der Waals surface area contributed by atoms with Crippen molar-refractivity contribution < 1.29 is 4.79 Å². The van der Waals surface area contributed by atoms with Gasteiger partial charge in [-0.2, -0.15) is 10.2 Å². The Kier molecular flexibility index (Phi) is 6.72. The van der Waals surface area contributed by atoms with Gasteiger partial charge in [-0.15, -0.1) is 0 Å². The summed E-state index contributed by atoms with van der Waals surface area (Å²) in [5.74, 6) is -0.171. The normalized spacial score (nSPS) is 11.1. The van der Waals surface area contributed by atoms with E-state index < -0.39 is 0 Å². The Morgan fingerprint density at radius 3 is 2.33 bits per heavy atom. The second-order valence-corrected chi connectivity index (χ2v) is 9.29. The molecule has 1 amide bonds. The van der Waals surface area contributed by atoms with Crippen LogP contribution in [0.2, 0.25) is 5.02 Å². The van der Waals surface area contributed by atoms with Crippen LogP contribution in [0.25, 0.3) is 0 Å². The molecule has 0 aliphatic heterocycles. The summed E-state index contributed by atoms with van der Waals surface area (Å²) >= 11 is 9.88. The van der Waals surface area contributed by atoms with Crippen molar-refractivity contribution >= 4 is 39.1 Å². The first kappa shape index (κ1) is 23.3. The van der Waals surface area contributed by atoms with Crippen LogP contribution in [-0.4, -0.2) is 25.5 Å². The van der Waals surface area contributed by atoms with E-state index in [0.29, 0.717) is 23.7 Å². The number of aryl methyl sites for hydroxylation is 2. The highest BCUT2D eigenvalue weighted by Crippen LogP contribution is 2.24. The topological polar surface area (TPSA) is 64.7 Å². The predicted octanol–water partition coefficient (Wildman–Crippen LogP) is 6.08. The van der Waals surface area contributed by atoms with Crippen molar-refractivity contribution in [3.63, 3.8) is 0 Å². The number of carbonyl (C=O) groups excluding carboxylic acids is 1. The molecular weight excluding hydrogens is 502 g/mol. The minimum atomic E-state index is -0.171. The number of hydrogen-bond acceptors (Lipinski definition) is 3. The van der Waals surface area contributed by atoms with E-state index >= 15 is 0 Å². The molecule has 170 valence electrons. The molecule has 4 rings (SSSR count). The molecular formula is C25H25BrClN5O. The van der Waals surface area contributed by atoms with Crippen molar-refractivity contribution in [1.82, 2.24) is 19.6 Å².